The highest BCUT2D eigenvalue weighted by Crippen LogP contribution is 2.39. The van der Waals surface area contributed by atoms with Crippen molar-refractivity contribution in [3.8, 4) is 11.5 Å². The smallest absolute Gasteiger partial charge is 0.222 e. The molecule has 2 aromatic heterocycles. The van der Waals surface area contributed by atoms with Gasteiger partial charge in [0, 0.05) is 59.0 Å². The molecule has 170 valence electrons. The maximum Gasteiger partial charge on any atom is 0.222 e. The van der Waals surface area contributed by atoms with E-state index in [0.717, 1.165) is 57.5 Å². The zero-order chi connectivity index (χ0) is 23.1. The van der Waals surface area contributed by atoms with Crippen LogP contribution in [0.5, 0.6) is 11.5 Å². The summed E-state index contributed by atoms with van der Waals surface area (Å²) >= 11 is 0. The van der Waals surface area contributed by atoms with E-state index >= 15 is 0 Å². The molecule has 4 N–H and O–H groups in total. The van der Waals surface area contributed by atoms with Gasteiger partial charge in [-0.15, -0.1) is 0 Å². The molecule has 0 bridgehead atoms. The number of hydrogen-bond acceptors (Lipinski definition) is 7. The van der Waals surface area contributed by atoms with Gasteiger partial charge in [-0.25, -0.2) is 4.98 Å². The Morgan fingerprint density at radius 3 is 2.73 bits per heavy atom. The molecular weight excluding hydrogens is 418 g/mol. The number of benzene rings is 2. The second kappa shape index (κ2) is 8.27. The van der Waals surface area contributed by atoms with E-state index in [2.05, 4.69) is 9.97 Å². The van der Waals surface area contributed by atoms with Gasteiger partial charge in [0.05, 0.1) is 24.8 Å². The Kier molecular flexibility index (Phi) is 5.28. The summed E-state index contributed by atoms with van der Waals surface area (Å²) in [7, 11) is 1.62. The zero-order valence-corrected chi connectivity index (χ0v) is 18.9. The largest absolute Gasteiger partial charge is 0.493 e. The van der Waals surface area contributed by atoms with Crippen LogP contribution in [0.1, 0.15) is 24.8 Å². The molecule has 0 radical (unpaired) electrons. The lowest BCUT2D eigenvalue weighted by atomic mass is 9.99. The van der Waals surface area contributed by atoms with Gasteiger partial charge in [-0.1, -0.05) is 6.07 Å². The second-order valence-electron chi connectivity index (χ2n) is 8.43. The van der Waals surface area contributed by atoms with Gasteiger partial charge in [0.15, 0.2) is 11.5 Å². The number of pyridine rings is 2. The third kappa shape index (κ3) is 3.61. The third-order valence-corrected chi connectivity index (χ3v) is 6.41. The van der Waals surface area contributed by atoms with Crippen molar-refractivity contribution in [2.24, 2.45) is 0 Å². The van der Waals surface area contributed by atoms with Crippen LogP contribution in [-0.2, 0) is 4.79 Å². The Bertz CT molecular complexity index is 1400. The first kappa shape index (κ1) is 21.1. The predicted octanol–water partition coefficient (Wildman–Crippen LogP) is 3.81. The number of nitrogen functional groups attached to an aromatic ring is 2. The Hall–Kier alpha value is -3.81. The van der Waals surface area contributed by atoms with E-state index < -0.39 is 0 Å². The Labute approximate surface area is 191 Å². The number of rotatable bonds is 6. The number of carbonyl (C=O) groups excluding carboxylic acids is 1. The maximum absolute atomic E-state index is 11.8. The van der Waals surface area contributed by atoms with Gasteiger partial charge in [0.25, 0.3) is 0 Å². The summed E-state index contributed by atoms with van der Waals surface area (Å²) < 4.78 is 11.7. The van der Waals surface area contributed by atoms with Crippen molar-refractivity contribution in [2.45, 2.75) is 26.2 Å². The number of nitrogens with two attached hydrogens (primary N) is 2. The molecule has 8 heteroatoms. The van der Waals surface area contributed by atoms with E-state index in [4.69, 9.17) is 20.9 Å². The second-order valence-corrected chi connectivity index (χ2v) is 8.43. The van der Waals surface area contributed by atoms with Gasteiger partial charge in [-0.2, -0.15) is 0 Å². The Morgan fingerprint density at radius 2 is 1.97 bits per heavy atom. The SMILES string of the molecule is COc1cc2c(cc1OCCCN1CCCC1=O)ncc1c(N)nc3c(C)c(N)ccc3c12. The molecule has 0 atom stereocenters. The molecule has 5 rings (SSSR count). The first-order valence-electron chi connectivity index (χ1n) is 11.1. The monoisotopic (exact) mass is 445 g/mol. The molecule has 1 saturated heterocycles. The van der Waals surface area contributed by atoms with Crippen LogP contribution in [-0.4, -0.2) is 47.6 Å². The van der Waals surface area contributed by atoms with Crippen molar-refractivity contribution in [2.75, 3.05) is 38.3 Å². The van der Waals surface area contributed by atoms with Gasteiger partial charge in [-0.3, -0.25) is 9.78 Å². The molecule has 8 nitrogen and oxygen atoms in total. The topological polar surface area (TPSA) is 117 Å². The minimum absolute atomic E-state index is 0.229. The van der Waals surface area contributed by atoms with Crippen LogP contribution in [0.25, 0.3) is 32.6 Å². The highest BCUT2D eigenvalue weighted by Gasteiger charge is 2.20. The highest BCUT2D eigenvalue weighted by molar-refractivity contribution is 6.21. The molecule has 3 heterocycles. The number of methoxy groups -OCH3 is 1. The number of fused-ring (bicyclic) bond motifs is 5. The summed E-state index contributed by atoms with van der Waals surface area (Å²) in [4.78, 5) is 22.9. The fraction of sp³-hybridized carbons (Fsp3) is 0.320. The number of aromatic nitrogens is 2. The number of amides is 1. The van der Waals surface area contributed by atoms with Crippen molar-refractivity contribution in [3.63, 3.8) is 0 Å². The fourth-order valence-electron chi connectivity index (χ4n) is 4.58. The lowest BCUT2D eigenvalue weighted by Gasteiger charge is -2.17. The predicted molar refractivity (Wildman–Crippen MR) is 131 cm³/mol. The minimum Gasteiger partial charge on any atom is -0.493 e. The molecule has 0 saturated carbocycles. The summed E-state index contributed by atoms with van der Waals surface area (Å²) in [5.74, 6) is 1.88. The number of nitrogens with zero attached hydrogens (tertiary/aromatic N) is 3. The summed E-state index contributed by atoms with van der Waals surface area (Å²) in [6.07, 6.45) is 4.10. The molecule has 33 heavy (non-hydrogen) atoms. The van der Waals surface area contributed by atoms with Crippen molar-refractivity contribution in [3.05, 3.63) is 36.0 Å². The van der Waals surface area contributed by atoms with Gasteiger partial charge >= 0.3 is 0 Å². The first-order valence-corrected chi connectivity index (χ1v) is 11.1. The number of anilines is 2. The first-order chi connectivity index (χ1) is 16.0. The lowest BCUT2D eigenvalue weighted by molar-refractivity contribution is -0.127. The maximum atomic E-state index is 11.8. The Balaban J connectivity index is 1.54. The van der Waals surface area contributed by atoms with Crippen LogP contribution in [0, 0.1) is 6.92 Å². The highest BCUT2D eigenvalue weighted by atomic mass is 16.5. The van der Waals surface area contributed by atoms with E-state index in [-0.39, 0.29) is 5.91 Å². The minimum atomic E-state index is 0.229. The van der Waals surface area contributed by atoms with Crippen LogP contribution in [0.3, 0.4) is 0 Å². The van der Waals surface area contributed by atoms with Gasteiger partial charge in [-0.05, 0) is 37.5 Å². The van der Waals surface area contributed by atoms with Gasteiger partial charge in [0.2, 0.25) is 5.91 Å². The molecule has 4 aromatic rings. The summed E-state index contributed by atoms with van der Waals surface area (Å²) in [5, 5.41) is 3.61. The van der Waals surface area contributed by atoms with Crippen molar-refractivity contribution >= 4 is 50.0 Å². The van der Waals surface area contributed by atoms with Crippen LogP contribution in [0.2, 0.25) is 0 Å². The third-order valence-electron chi connectivity index (χ3n) is 6.41. The number of aryl methyl sites for hydroxylation is 1. The van der Waals surface area contributed by atoms with Crippen molar-refractivity contribution in [1.82, 2.24) is 14.9 Å². The average Bonchev–Trinajstić information content (AvgIpc) is 3.23. The molecule has 0 spiro atoms. The number of likely N-dealkylation sites (tertiary alicyclic amines) is 1. The van der Waals surface area contributed by atoms with E-state index in [1.165, 1.54) is 0 Å². The zero-order valence-electron chi connectivity index (χ0n) is 18.9. The summed E-state index contributed by atoms with van der Waals surface area (Å²) in [6.45, 7) is 3.98. The van der Waals surface area contributed by atoms with Gasteiger partial charge in [0.1, 0.15) is 5.82 Å². The van der Waals surface area contributed by atoms with E-state index in [1.807, 2.05) is 36.1 Å². The molecule has 0 aliphatic carbocycles. The number of hydrogen-bond donors (Lipinski definition) is 2. The number of carbonyl (C=O) groups is 1. The van der Waals surface area contributed by atoms with E-state index in [0.29, 0.717) is 42.6 Å². The molecule has 2 aromatic carbocycles. The molecule has 1 amide bonds. The van der Waals surface area contributed by atoms with Crippen LogP contribution < -0.4 is 20.9 Å². The van der Waals surface area contributed by atoms with Crippen molar-refractivity contribution < 1.29 is 14.3 Å². The normalized spacial score (nSPS) is 14.0. The molecule has 1 aliphatic heterocycles. The number of ether oxygens (including phenoxy) is 2. The quantitative estimate of drug-likeness (QED) is 0.263. The van der Waals surface area contributed by atoms with Crippen LogP contribution in [0.4, 0.5) is 11.5 Å². The lowest BCUT2D eigenvalue weighted by Crippen LogP contribution is -2.26. The molecule has 1 fully saturated rings. The fourth-order valence-corrected chi connectivity index (χ4v) is 4.58. The average molecular weight is 446 g/mol. The van der Waals surface area contributed by atoms with E-state index in [1.54, 1.807) is 13.3 Å². The molecule has 1 aliphatic rings. The summed E-state index contributed by atoms with van der Waals surface area (Å²) in [5.41, 5.74) is 15.5. The van der Waals surface area contributed by atoms with E-state index in [9.17, 15) is 4.79 Å². The van der Waals surface area contributed by atoms with Crippen LogP contribution in [0.15, 0.2) is 30.5 Å². The van der Waals surface area contributed by atoms with Gasteiger partial charge < -0.3 is 25.8 Å². The Morgan fingerprint density at radius 1 is 1.12 bits per heavy atom. The van der Waals surface area contributed by atoms with Crippen LogP contribution >= 0.6 is 0 Å². The standard InChI is InChI=1S/C25H27N5O3/c1-14-18(26)7-6-15-23-16-11-20(32-2)21(33-10-4-9-30-8-3-5-22(30)31)12-19(16)28-13-17(23)25(27)29-24(14)15/h6-7,11-13H,3-5,8-10,26H2,1-2H3,(H2,27,29). The van der Waals surface area contributed by atoms with Crippen molar-refractivity contribution in [1.29, 1.82) is 0 Å². The molecular formula is C25H27N5O3. The summed E-state index contributed by atoms with van der Waals surface area (Å²) in [6, 6.07) is 7.69. The molecule has 0 unspecified atom stereocenters.